The molecule has 22 heavy (non-hydrogen) atoms. The SMILES string of the molecule is CCCCCCC(=O)Oc1ccccc1C(=N)C1CCCC1. The number of carbonyl (C=O) groups is 1. The predicted molar refractivity (Wildman–Crippen MR) is 89.6 cm³/mol. The molecule has 2 rings (SSSR count). The first-order valence-corrected chi connectivity index (χ1v) is 8.61. The molecule has 1 aromatic carbocycles. The lowest BCUT2D eigenvalue weighted by Gasteiger charge is -2.15. The molecule has 3 nitrogen and oxygen atoms in total. The van der Waals surface area contributed by atoms with Gasteiger partial charge in [-0.05, 0) is 31.4 Å². The third-order valence-electron chi connectivity index (χ3n) is 4.40. The van der Waals surface area contributed by atoms with Crippen molar-refractivity contribution in [2.24, 2.45) is 5.92 Å². The lowest BCUT2D eigenvalue weighted by Crippen LogP contribution is -2.15. The number of rotatable bonds is 8. The van der Waals surface area contributed by atoms with Gasteiger partial charge in [-0.3, -0.25) is 4.79 Å². The minimum Gasteiger partial charge on any atom is -0.426 e. The van der Waals surface area contributed by atoms with Crippen molar-refractivity contribution in [2.75, 3.05) is 0 Å². The van der Waals surface area contributed by atoms with Crippen molar-refractivity contribution in [1.82, 2.24) is 0 Å². The van der Waals surface area contributed by atoms with Crippen LogP contribution in [0.4, 0.5) is 0 Å². The van der Waals surface area contributed by atoms with Gasteiger partial charge in [-0.1, -0.05) is 51.2 Å². The zero-order valence-electron chi connectivity index (χ0n) is 13.6. The highest BCUT2D eigenvalue weighted by atomic mass is 16.5. The van der Waals surface area contributed by atoms with E-state index in [1.807, 2.05) is 24.3 Å². The second-order valence-corrected chi connectivity index (χ2v) is 6.18. The molecule has 0 saturated heterocycles. The molecule has 0 heterocycles. The van der Waals surface area contributed by atoms with Gasteiger partial charge in [0, 0.05) is 23.6 Å². The van der Waals surface area contributed by atoms with Gasteiger partial charge in [0.25, 0.3) is 0 Å². The van der Waals surface area contributed by atoms with Crippen LogP contribution < -0.4 is 4.74 Å². The molecule has 0 bridgehead atoms. The zero-order chi connectivity index (χ0) is 15.8. The second-order valence-electron chi connectivity index (χ2n) is 6.18. The monoisotopic (exact) mass is 301 g/mol. The van der Waals surface area contributed by atoms with Crippen LogP contribution in [-0.4, -0.2) is 11.7 Å². The third-order valence-corrected chi connectivity index (χ3v) is 4.40. The first kappa shape index (κ1) is 16.7. The van der Waals surface area contributed by atoms with Crippen molar-refractivity contribution in [3.8, 4) is 5.75 Å². The van der Waals surface area contributed by atoms with Crippen LogP contribution in [-0.2, 0) is 4.79 Å². The molecule has 0 aromatic heterocycles. The van der Waals surface area contributed by atoms with Crippen LogP contribution in [0, 0.1) is 11.3 Å². The van der Waals surface area contributed by atoms with Crippen molar-refractivity contribution in [3.05, 3.63) is 29.8 Å². The number of carbonyl (C=O) groups excluding carboxylic acids is 1. The van der Waals surface area contributed by atoms with Crippen molar-refractivity contribution in [1.29, 1.82) is 5.41 Å². The maximum absolute atomic E-state index is 12.0. The predicted octanol–water partition coefficient (Wildman–Crippen LogP) is 5.12. The molecular formula is C19H27NO2. The van der Waals surface area contributed by atoms with Gasteiger partial charge >= 0.3 is 5.97 Å². The maximum Gasteiger partial charge on any atom is 0.311 e. The Bertz CT molecular complexity index is 504. The molecule has 0 spiro atoms. The van der Waals surface area contributed by atoms with Gasteiger partial charge in [0.2, 0.25) is 0 Å². The average Bonchev–Trinajstić information content (AvgIpc) is 3.06. The molecule has 1 aliphatic rings. The van der Waals surface area contributed by atoms with Crippen molar-refractivity contribution in [2.45, 2.75) is 64.7 Å². The summed E-state index contributed by atoms with van der Waals surface area (Å²) >= 11 is 0. The molecule has 0 unspecified atom stereocenters. The van der Waals surface area contributed by atoms with Gasteiger partial charge in [0.15, 0.2) is 0 Å². The van der Waals surface area contributed by atoms with E-state index >= 15 is 0 Å². The first-order valence-electron chi connectivity index (χ1n) is 8.61. The molecule has 0 aliphatic heterocycles. The van der Waals surface area contributed by atoms with E-state index in [2.05, 4.69) is 6.92 Å². The summed E-state index contributed by atoms with van der Waals surface area (Å²) in [7, 11) is 0. The molecule has 1 aliphatic carbocycles. The molecule has 1 saturated carbocycles. The fourth-order valence-electron chi connectivity index (χ4n) is 3.08. The average molecular weight is 301 g/mol. The summed E-state index contributed by atoms with van der Waals surface area (Å²) < 4.78 is 5.53. The van der Waals surface area contributed by atoms with Gasteiger partial charge in [-0.25, -0.2) is 0 Å². The summed E-state index contributed by atoms with van der Waals surface area (Å²) in [6.07, 6.45) is 9.31. The molecule has 0 radical (unpaired) electrons. The largest absolute Gasteiger partial charge is 0.426 e. The Morgan fingerprint density at radius 1 is 1.18 bits per heavy atom. The number of nitrogens with one attached hydrogen (secondary N) is 1. The van der Waals surface area contributed by atoms with Crippen LogP contribution in [0.1, 0.15) is 70.3 Å². The Hall–Kier alpha value is -1.64. The Balaban J connectivity index is 1.95. The van der Waals surface area contributed by atoms with Crippen molar-refractivity contribution >= 4 is 11.7 Å². The molecule has 1 N–H and O–H groups in total. The maximum atomic E-state index is 12.0. The number of ether oxygens (including phenoxy) is 1. The number of benzene rings is 1. The third kappa shape index (κ3) is 4.69. The summed E-state index contributed by atoms with van der Waals surface area (Å²) in [6, 6.07) is 7.49. The Morgan fingerprint density at radius 3 is 2.64 bits per heavy atom. The smallest absolute Gasteiger partial charge is 0.311 e. The van der Waals surface area contributed by atoms with E-state index in [9.17, 15) is 4.79 Å². The van der Waals surface area contributed by atoms with E-state index in [4.69, 9.17) is 10.1 Å². The van der Waals surface area contributed by atoms with Crippen LogP contribution in [0.15, 0.2) is 24.3 Å². The first-order chi connectivity index (χ1) is 10.7. The normalized spacial score (nSPS) is 15.0. The topological polar surface area (TPSA) is 50.2 Å². The number of hydrogen-bond acceptors (Lipinski definition) is 3. The lowest BCUT2D eigenvalue weighted by molar-refractivity contribution is -0.134. The van der Waals surface area contributed by atoms with E-state index in [0.29, 0.717) is 23.8 Å². The summed E-state index contributed by atoms with van der Waals surface area (Å²) in [4.78, 5) is 12.0. The molecular weight excluding hydrogens is 274 g/mol. The van der Waals surface area contributed by atoms with E-state index < -0.39 is 0 Å². The highest BCUT2D eigenvalue weighted by Gasteiger charge is 2.23. The van der Waals surface area contributed by atoms with Crippen molar-refractivity contribution in [3.63, 3.8) is 0 Å². The fraction of sp³-hybridized carbons (Fsp3) is 0.579. The Labute approximate surface area is 133 Å². The summed E-state index contributed by atoms with van der Waals surface area (Å²) in [5.74, 6) is 0.701. The van der Waals surface area contributed by atoms with Crippen LogP contribution in [0.3, 0.4) is 0 Å². The quantitative estimate of drug-likeness (QED) is 0.313. The minimum absolute atomic E-state index is 0.178. The van der Waals surface area contributed by atoms with Crippen LogP contribution in [0.25, 0.3) is 0 Å². The van der Waals surface area contributed by atoms with E-state index in [-0.39, 0.29) is 5.97 Å². The standard InChI is InChI=1S/C19H27NO2/c1-2-3-4-5-14-18(21)22-17-13-9-8-12-16(17)19(20)15-10-6-7-11-15/h8-9,12-13,15,20H,2-7,10-11,14H2,1H3. The van der Waals surface area contributed by atoms with Crippen molar-refractivity contribution < 1.29 is 9.53 Å². The number of esters is 1. The van der Waals surface area contributed by atoms with Gasteiger partial charge < -0.3 is 10.1 Å². The van der Waals surface area contributed by atoms with Gasteiger partial charge in [-0.2, -0.15) is 0 Å². The molecule has 3 heteroatoms. The van der Waals surface area contributed by atoms with Gasteiger partial charge in [0.05, 0.1) is 0 Å². The zero-order valence-corrected chi connectivity index (χ0v) is 13.6. The Kier molecular flexibility index (Phi) is 6.63. The van der Waals surface area contributed by atoms with E-state index in [1.54, 1.807) is 0 Å². The highest BCUT2D eigenvalue weighted by molar-refractivity contribution is 6.02. The van der Waals surface area contributed by atoms with Crippen LogP contribution in [0.2, 0.25) is 0 Å². The Morgan fingerprint density at radius 2 is 1.91 bits per heavy atom. The van der Waals surface area contributed by atoms with E-state index in [1.165, 1.54) is 12.8 Å². The van der Waals surface area contributed by atoms with Crippen LogP contribution >= 0.6 is 0 Å². The molecule has 0 atom stereocenters. The molecule has 1 fully saturated rings. The fourth-order valence-corrected chi connectivity index (χ4v) is 3.08. The summed E-state index contributed by atoms with van der Waals surface area (Å²) in [6.45, 7) is 2.16. The number of para-hydroxylation sites is 1. The number of hydrogen-bond donors (Lipinski definition) is 1. The summed E-state index contributed by atoms with van der Waals surface area (Å²) in [5.41, 5.74) is 1.42. The van der Waals surface area contributed by atoms with E-state index in [0.717, 1.165) is 44.1 Å². The number of unbranched alkanes of at least 4 members (excludes halogenated alkanes) is 3. The molecule has 120 valence electrons. The molecule has 0 amide bonds. The summed E-state index contributed by atoms with van der Waals surface area (Å²) in [5, 5.41) is 8.41. The highest BCUT2D eigenvalue weighted by Crippen LogP contribution is 2.31. The lowest BCUT2D eigenvalue weighted by atomic mass is 9.95. The second kappa shape index (κ2) is 8.72. The minimum atomic E-state index is -0.178. The van der Waals surface area contributed by atoms with Gasteiger partial charge in [0.1, 0.15) is 5.75 Å². The molecule has 1 aromatic rings. The van der Waals surface area contributed by atoms with Gasteiger partial charge in [-0.15, -0.1) is 0 Å². The van der Waals surface area contributed by atoms with Crippen LogP contribution in [0.5, 0.6) is 5.75 Å².